The second kappa shape index (κ2) is 6.35. The first-order chi connectivity index (χ1) is 11.8. The zero-order valence-corrected chi connectivity index (χ0v) is 13.5. The first kappa shape index (κ1) is 14.7. The van der Waals surface area contributed by atoms with Gasteiger partial charge in [0, 0.05) is 13.0 Å². The molecule has 1 aliphatic rings. The molecule has 0 saturated carbocycles. The van der Waals surface area contributed by atoms with E-state index in [2.05, 4.69) is 27.5 Å². The Hall–Kier alpha value is -2.83. The highest BCUT2D eigenvalue weighted by Gasteiger charge is 2.11. The third kappa shape index (κ3) is 2.84. The molecule has 0 radical (unpaired) electrons. The van der Waals surface area contributed by atoms with Crippen molar-refractivity contribution in [1.82, 2.24) is 19.8 Å². The molecule has 124 valence electrons. The highest BCUT2D eigenvalue weighted by Crippen LogP contribution is 2.30. The number of benzene rings is 1. The van der Waals surface area contributed by atoms with Gasteiger partial charge in [-0.05, 0) is 30.2 Å². The molecule has 7 heteroatoms. The van der Waals surface area contributed by atoms with Gasteiger partial charge in [0.15, 0.2) is 11.5 Å². The van der Waals surface area contributed by atoms with Crippen molar-refractivity contribution in [3.63, 3.8) is 0 Å². The van der Waals surface area contributed by atoms with E-state index in [4.69, 9.17) is 9.47 Å². The van der Waals surface area contributed by atoms with Gasteiger partial charge < -0.3 is 14.8 Å². The summed E-state index contributed by atoms with van der Waals surface area (Å²) < 4.78 is 13.1. The average molecular weight is 325 g/mol. The summed E-state index contributed by atoms with van der Waals surface area (Å²) in [6.07, 6.45) is 3.38. The van der Waals surface area contributed by atoms with Gasteiger partial charge in [-0.3, -0.25) is 0 Å². The molecule has 0 amide bonds. The monoisotopic (exact) mass is 325 g/mol. The van der Waals surface area contributed by atoms with Gasteiger partial charge in [-0.15, -0.1) is 10.2 Å². The lowest BCUT2D eigenvalue weighted by atomic mass is 10.2. The molecule has 1 aliphatic heterocycles. The van der Waals surface area contributed by atoms with Crippen LogP contribution < -0.4 is 14.8 Å². The van der Waals surface area contributed by atoms with Crippen LogP contribution in [0.15, 0.2) is 30.6 Å². The summed E-state index contributed by atoms with van der Waals surface area (Å²) in [6.45, 7) is 4.12. The summed E-state index contributed by atoms with van der Waals surface area (Å²) in [5.74, 6) is 1.62. The van der Waals surface area contributed by atoms with Crippen molar-refractivity contribution in [2.24, 2.45) is 0 Å². The van der Waals surface area contributed by atoms with E-state index in [1.54, 1.807) is 10.8 Å². The fourth-order valence-corrected chi connectivity index (χ4v) is 2.70. The number of nitrogens with one attached hydrogen (secondary N) is 1. The maximum atomic E-state index is 5.75. The highest BCUT2D eigenvalue weighted by molar-refractivity contribution is 5.66. The van der Waals surface area contributed by atoms with Crippen LogP contribution in [0.3, 0.4) is 0 Å². The van der Waals surface area contributed by atoms with Gasteiger partial charge in [0.05, 0.1) is 24.6 Å². The summed E-state index contributed by atoms with van der Waals surface area (Å²) in [4.78, 5) is 0. The second-order valence-electron chi connectivity index (χ2n) is 5.69. The molecule has 2 aromatic heterocycles. The third-order valence-electron chi connectivity index (χ3n) is 3.98. The molecule has 0 spiro atoms. The van der Waals surface area contributed by atoms with Crippen molar-refractivity contribution in [2.45, 2.75) is 26.3 Å². The summed E-state index contributed by atoms with van der Waals surface area (Å²) in [7, 11) is 0. The van der Waals surface area contributed by atoms with Crippen LogP contribution in [0.25, 0.3) is 5.65 Å². The molecule has 0 fully saturated rings. The number of hydrogen-bond donors (Lipinski definition) is 1. The predicted molar refractivity (Wildman–Crippen MR) is 89.5 cm³/mol. The maximum Gasteiger partial charge on any atom is 0.200 e. The Balaban J connectivity index is 1.57. The first-order valence-corrected chi connectivity index (χ1v) is 8.16. The molecule has 0 bridgehead atoms. The van der Waals surface area contributed by atoms with E-state index in [0.29, 0.717) is 19.8 Å². The quantitative estimate of drug-likeness (QED) is 0.794. The molecule has 3 heterocycles. The Morgan fingerprint density at radius 3 is 2.92 bits per heavy atom. The number of nitrogens with zero attached hydrogens (tertiary/aromatic N) is 4. The van der Waals surface area contributed by atoms with Crippen LogP contribution in [0.4, 0.5) is 5.69 Å². The van der Waals surface area contributed by atoms with Crippen LogP contribution in [0.1, 0.15) is 24.6 Å². The third-order valence-corrected chi connectivity index (χ3v) is 3.98. The predicted octanol–water partition coefficient (Wildman–Crippen LogP) is 2.46. The van der Waals surface area contributed by atoms with Crippen LogP contribution in [0, 0.1) is 0 Å². The van der Waals surface area contributed by atoms with Gasteiger partial charge in [0.25, 0.3) is 0 Å². The number of aryl methyl sites for hydroxylation is 1. The van der Waals surface area contributed by atoms with Crippen molar-refractivity contribution in [3.8, 4) is 11.5 Å². The molecule has 0 unspecified atom stereocenters. The number of fused-ring (bicyclic) bond motifs is 2. The van der Waals surface area contributed by atoms with Crippen LogP contribution in [-0.2, 0) is 13.0 Å². The summed E-state index contributed by atoms with van der Waals surface area (Å²) in [5.41, 5.74) is 3.75. The molecule has 24 heavy (non-hydrogen) atoms. The first-order valence-electron chi connectivity index (χ1n) is 8.16. The Labute approximate surface area is 139 Å². The Kier molecular flexibility index (Phi) is 3.90. The van der Waals surface area contributed by atoms with E-state index >= 15 is 0 Å². The van der Waals surface area contributed by atoms with Crippen molar-refractivity contribution < 1.29 is 9.47 Å². The molecule has 1 aromatic carbocycles. The van der Waals surface area contributed by atoms with Gasteiger partial charge in [0.2, 0.25) is 5.65 Å². The molecule has 3 aromatic rings. The van der Waals surface area contributed by atoms with Crippen LogP contribution in [-0.4, -0.2) is 33.0 Å². The molecule has 4 rings (SSSR count). The smallest absolute Gasteiger partial charge is 0.200 e. The average Bonchev–Trinajstić information content (AvgIpc) is 2.96. The van der Waals surface area contributed by atoms with Gasteiger partial charge in [-0.25, -0.2) is 0 Å². The SMILES string of the molecule is CCc1cc(NCc2ccc3c(c2)OCCCO3)c2nncn2n1. The highest BCUT2D eigenvalue weighted by atomic mass is 16.5. The summed E-state index contributed by atoms with van der Waals surface area (Å²) in [5, 5.41) is 15.9. The minimum atomic E-state index is 0.659. The van der Waals surface area contributed by atoms with Crippen molar-refractivity contribution in [2.75, 3.05) is 18.5 Å². The number of aromatic nitrogens is 4. The van der Waals surface area contributed by atoms with Gasteiger partial charge >= 0.3 is 0 Å². The van der Waals surface area contributed by atoms with E-state index in [-0.39, 0.29) is 0 Å². The molecule has 0 atom stereocenters. The minimum Gasteiger partial charge on any atom is -0.490 e. The molecule has 0 saturated heterocycles. The normalized spacial score (nSPS) is 13.7. The lowest BCUT2D eigenvalue weighted by Crippen LogP contribution is -2.05. The lowest BCUT2D eigenvalue weighted by Gasteiger charge is -2.11. The minimum absolute atomic E-state index is 0.659. The van der Waals surface area contributed by atoms with Crippen LogP contribution >= 0.6 is 0 Å². The van der Waals surface area contributed by atoms with Crippen LogP contribution in [0.5, 0.6) is 11.5 Å². The fourth-order valence-electron chi connectivity index (χ4n) is 2.70. The maximum absolute atomic E-state index is 5.75. The molecular weight excluding hydrogens is 306 g/mol. The van der Waals surface area contributed by atoms with Crippen molar-refractivity contribution in [3.05, 3.63) is 41.9 Å². The summed E-state index contributed by atoms with van der Waals surface area (Å²) >= 11 is 0. The van der Waals surface area contributed by atoms with Gasteiger partial charge in [-0.2, -0.15) is 9.61 Å². The lowest BCUT2D eigenvalue weighted by molar-refractivity contribution is 0.297. The largest absolute Gasteiger partial charge is 0.490 e. The van der Waals surface area contributed by atoms with E-state index < -0.39 is 0 Å². The van der Waals surface area contributed by atoms with E-state index in [1.807, 2.05) is 24.3 Å². The Morgan fingerprint density at radius 2 is 2.04 bits per heavy atom. The number of anilines is 1. The summed E-state index contributed by atoms with van der Waals surface area (Å²) in [6, 6.07) is 8.06. The molecule has 7 nitrogen and oxygen atoms in total. The van der Waals surface area contributed by atoms with Gasteiger partial charge in [0.1, 0.15) is 6.33 Å². The van der Waals surface area contributed by atoms with E-state index in [0.717, 1.165) is 46.9 Å². The van der Waals surface area contributed by atoms with Crippen molar-refractivity contribution in [1.29, 1.82) is 0 Å². The standard InChI is InChI=1S/C17H19N5O2/c1-2-13-9-14(17-20-19-11-22(17)21-13)18-10-12-4-5-15-16(8-12)24-7-3-6-23-15/h4-5,8-9,11,18H,2-3,6-7,10H2,1H3. The topological polar surface area (TPSA) is 73.6 Å². The number of ether oxygens (including phenoxy) is 2. The molecule has 0 aliphatic carbocycles. The number of hydrogen-bond acceptors (Lipinski definition) is 6. The number of rotatable bonds is 4. The van der Waals surface area contributed by atoms with E-state index in [9.17, 15) is 0 Å². The zero-order chi connectivity index (χ0) is 16.4. The van der Waals surface area contributed by atoms with Crippen molar-refractivity contribution >= 4 is 11.3 Å². The van der Waals surface area contributed by atoms with Gasteiger partial charge in [-0.1, -0.05) is 13.0 Å². The Bertz CT molecular complexity index is 861. The van der Waals surface area contributed by atoms with Crippen LogP contribution in [0.2, 0.25) is 0 Å². The zero-order valence-electron chi connectivity index (χ0n) is 13.5. The molecule has 1 N–H and O–H groups in total. The second-order valence-corrected chi connectivity index (χ2v) is 5.69. The molecular formula is C17H19N5O2. The fraction of sp³-hybridized carbons (Fsp3) is 0.353. The Morgan fingerprint density at radius 1 is 1.17 bits per heavy atom. The van der Waals surface area contributed by atoms with E-state index in [1.165, 1.54) is 0 Å².